The summed E-state index contributed by atoms with van der Waals surface area (Å²) in [5.41, 5.74) is -1.21. The Kier molecular flexibility index (Phi) is 4.73. The molecule has 2 rings (SSSR count). The number of aromatic nitrogens is 2. The first-order chi connectivity index (χ1) is 9.97. The molecule has 116 valence electrons. The van der Waals surface area contributed by atoms with Crippen molar-refractivity contribution in [1.29, 1.82) is 0 Å². The van der Waals surface area contributed by atoms with Gasteiger partial charge in [0.25, 0.3) is 5.56 Å². The van der Waals surface area contributed by atoms with Crippen molar-refractivity contribution in [3.05, 3.63) is 45.8 Å². The van der Waals surface area contributed by atoms with Crippen LogP contribution in [0.3, 0.4) is 0 Å². The molecule has 1 aromatic heterocycles. The molecule has 21 heavy (non-hydrogen) atoms. The van der Waals surface area contributed by atoms with Gasteiger partial charge in [-0.25, -0.2) is 4.79 Å². The van der Waals surface area contributed by atoms with Crippen molar-refractivity contribution < 1.29 is 20.1 Å². The van der Waals surface area contributed by atoms with Gasteiger partial charge in [0.2, 0.25) is 0 Å². The smallest absolute Gasteiger partial charge is 0.330 e. The molecular weight excluding hydrogens is 280 g/mol. The highest BCUT2D eigenvalue weighted by Crippen LogP contribution is 2.30. The lowest BCUT2D eigenvalue weighted by atomic mass is 9.93. The van der Waals surface area contributed by atoms with Gasteiger partial charge in [0.15, 0.2) is 0 Å². The van der Waals surface area contributed by atoms with Crippen LogP contribution in [-0.4, -0.2) is 49.8 Å². The van der Waals surface area contributed by atoms with Crippen LogP contribution < -0.4 is 11.2 Å². The van der Waals surface area contributed by atoms with E-state index in [9.17, 15) is 24.9 Å². The van der Waals surface area contributed by atoms with Crippen LogP contribution in [0, 0.1) is 5.92 Å². The van der Waals surface area contributed by atoms with Gasteiger partial charge in [-0.2, -0.15) is 0 Å². The fourth-order valence-electron chi connectivity index (χ4n) is 2.40. The van der Waals surface area contributed by atoms with Crippen LogP contribution in [0.1, 0.15) is 12.6 Å². The van der Waals surface area contributed by atoms with Crippen molar-refractivity contribution in [3.63, 3.8) is 0 Å². The van der Waals surface area contributed by atoms with E-state index in [1.807, 2.05) is 0 Å². The molecule has 4 N–H and O–H groups in total. The topological polar surface area (TPSA) is 125 Å². The Morgan fingerprint density at radius 3 is 2.71 bits per heavy atom. The summed E-state index contributed by atoms with van der Waals surface area (Å²) in [6.45, 7) is 3.07. The monoisotopic (exact) mass is 298 g/mol. The molecule has 1 aromatic rings. The van der Waals surface area contributed by atoms with E-state index in [-0.39, 0.29) is 6.42 Å². The largest absolute Gasteiger partial charge is 0.394 e. The maximum absolute atomic E-state index is 11.8. The molecule has 1 aliphatic rings. The van der Waals surface area contributed by atoms with E-state index in [4.69, 9.17) is 4.74 Å². The summed E-state index contributed by atoms with van der Waals surface area (Å²) in [5, 5.41) is 29.3. The summed E-state index contributed by atoms with van der Waals surface area (Å²) in [7, 11) is 0. The average Bonchev–Trinajstić information content (AvgIpc) is 2.58. The highest BCUT2D eigenvalue weighted by Gasteiger charge is 2.38. The molecule has 1 fully saturated rings. The predicted molar refractivity (Wildman–Crippen MR) is 72.6 cm³/mol. The number of nitrogens with one attached hydrogen (secondary N) is 1. The van der Waals surface area contributed by atoms with E-state index < -0.39 is 48.3 Å². The van der Waals surface area contributed by atoms with Crippen molar-refractivity contribution in [2.75, 3.05) is 6.61 Å². The van der Waals surface area contributed by atoms with Gasteiger partial charge >= 0.3 is 5.69 Å². The van der Waals surface area contributed by atoms with Gasteiger partial charge in [0.1, 0.15) is 18.4 Å². The molecule has 2 heterocycles. The van der Waals surface area contributed by atoms with Crippen molar-refractivity contribution in [1.82, 2.24) is 9.55 Å². The molecule has 0 saturated carbocycles. The normalized spacial score (nSPS) is 33.4. The first kappa shape index (κ1) is 15.6. The van der Waals surface area contributed by atoms with Crippen molar-refractivity contribution >= 4 is 0 Å². The summed E-state index contributed by atoms with van der Waals surface area (Å²) in [6.07, 6.45) is -1.46. The fraction of sp³-hybridized carbons (Fsp3) is 0.538. The quantitative estimate of drug-likeness (QED) is 0.495. The summed E-state index contributed by atoms with van der Waals surface area (Å²) in [6, 6.07) is 1.17. The summed E-state index contributed by atoms with van der Waals surface area (Å²) < 4.78 is 6.66. The van der Waals surface area contributed by atoms with Gasteiger partial charge < -0.3 is 20.1 Å². The second kappa shape index (κ2) is 6.35. The third kappa shape index (κ3) is 3.13. The van der Waals surface area contributed by atoms with E-state index in [1.165, 1.54) is 18.3 Å². The van der Waals surface area contributed by atoms with Crippen LogP contribution in [0.4, 0.5) is 0 Å². The number of aliphatic hydroxyl groups is 3. The van der Waals surface area contributed by atoms with Crippen LogP contribution in [0.15, 0.2) is 34.5 Å². The molecule has 1 saturated heterocycles. The number of hydrogen-bond donors (Lipinski definition) is 4. The number of aromatic amines is 1. The number of rotatable bonds is 3. The zero-order chi connectivity index (χ0) is 15.6. The van der Waals surface area contributed by atoms with Crippen LogP contribution in [0.5, 0.6) is 0 Å². The van der Waals surface area contributed by atoms with E-state index >= 15 is 0 Å². The van der Waals surface area contributed by atoms with E-state index in [1.54, 1.807) is 0 Å². The Labute approximate surface area is 119 Å². The van der Waals surface area contributed by atoms with Gasteiger partial charge in [-0.15, -0.1) is 6.58 Å². The highest BCUT2D eigenvalue weighted by molar-refractivity contribution is 4.95. The van der Waals surface area contributed by atoms with Crippen molar-refractivity contribution in [2.24, 2.45) is 5.92 Å². The van der Waals surface area contributed by atoms with E-state index in [2.05, 4.69) is 11.6 Å². The Balaban J connectivity index is 2.40. The first-order valence-electron chi connectivity index (χ1n) is 6.54. The molecule has 0 amide bonds. The van der Waals surface area contributed by atoms with Crippen molar-refractivity contribution in [2.45, 2.75) is 31.0 Å². The van der Waals surface area contributed by atoms with Crippen LogP contribution in [0.25, 0.3) is 0 Å². The molecule has 8 nitrogen and oxygen atoms in total. The number of nitrogens with zero attached hydrogens (tertiary/aromatic N) is 1. The Morgan fingerprint density at radius 2 is 2.14 bits per heavy atom. The molecule has 0 spiro atoms. The minimum atomic E-state index is -1.30. The molecule has 0 radical (unpaired) electrons. The summed E-state index contributed by atoms with van der Waals surface area (Å²) >= 11 is 0. The lowest BCUT2D eigenvalue weighted by Gasteiger charge is -2.24. The molecule has 5 atom stereocenters. The summed E-state index contributed by atoms with van der Waals surface area (Å²) in [4.78, 5) is 25.0. The number of H-pyrrole nitrogens is 1. The highest BCUT2D eigenvalue weighted by atomic mass is 16.5. The maximum atomic E-state index is 11.8. The minimum Gasteiger partial charge on any atom is -0.394 e. The Morgan fingerprint density at radius 1 is 1.43 bits per heavy atom. The third-order valence-electron chi connectivity index (χ3n) is 3.62. The van der Waals surface area contributed by atoms with Gasteiger partial charge in [-0.3, -0.25) is 14.3 Å². The fourth-order valence-corrected chi connectivity index (χ4v) is 2.40. The molecule has 0 bridgehead atoms. The average molecular weight is 298 g/mol. The third-order valence-corrected chi connectivity index (χ3v) is 3.62. The van der Waals surface area contributed by atoms with Crippen LogP contribution in [0.2, 0.25) is 0 Å². The Bertz CT molecular complexity index is 609. The van der Waals surface area contributed by atoms with Crippen LogP contribution in [-0.2, 0) is 4.74 Å². The van der Waals surface area contributed by atoms with E-state index in [0.29, 0.717) is 0 Å². The molecule has 0 aromatic carbocycles. The lowest BCUT2D eigenvalue weighted by Crippen LogP contribution is -2.42. The Hall–Kier alpha value is -1.74. The molecular formula is C13H18N2O6. The van der Waals surface area contributed by atoms with E-state index in [0.717, 1.165) is 4.57 Å². The zero-order valence-electron chi connectivity index (χ0n) is 11.3. The van der Waals surface area contributed by atoms with Gasteiger partial charge in [-0.05, 0) is 0 Å². The van der Waals surface area contributed by atoms with Gasteiger partial charge in [0, 0.05) is 24.6 Å². The molecule has 4 unspecified atom stereocenters. The minimum absolute atomic E-state index is 0.171. The maximum Gasteiger partial charge on any atom is 0.330 e. The number of ether oxygens (including phenoxy) is 1. The van der Waals surface area contributed by atoms with Crippen LogP contribution >= 0.6 is 0 Å². The predicted octanol–water partition coefficient (Wildman–Crippen LogP) is -1.66. The number of aliphatic hydroxyl groups excluding tert-OH is 3. The number of hydrogen-bond acceptors (Lipinski definition) is 6. The second-order valence-electron chi connectivity index (χ2n) is 4.95. The van der Waals surface area contributed by atoms with Gasteiger partial charge in [0.05, 0.1) is 12.7 Å². The lowest BCUT2D eigenvalue weighted by molar-refractivity contribution is -0.130. The molecule has 0 aliphatic carbocycles. The first-order valence-corrected chi connectivity index (χ1v) is 6.54. The molecule has 1 aliphatic heterocycles. The zero-order valence-corrected chi connectivity index (χ0v) is 11.3. The van der Waals surface area contributed by atoms with Crippen molar-refractivity contribution in [3.8, 4) is 0 Å². The molecule has 8 heteroatoms. The summed E-state index contributed by atoms with van der Waals surface area (Å²) in [5.74, 6) is -0.527. The SMILES string of the molecule is C=CC1CC(n2ccc(=O)[nH]c2=O)OC(CO)[C@@H](O)C1O. The van der Waals surface area contributed by atoms with Gasteiger partial charge in [-0.1, -0.05) is 6.08 Å². The second-order valence-corrected chi connectivity index (χ2v) is 4.95. The standard InChI is InChI=1S/C13H18N2O6/c1-2-7-5-10(15-4-3-9(17)14-13(15)20)21-8(6-16)12(19)11(7)18/h2-4,7-8,10-12,16,18-19H,1,5-6H2,(H,14,17,20)/t7?,8?,10?,11?,12-/m1/s1.